The lowest BCUT2D eigenvalue weighted by Crippen LogP contribution is -2.31. The first-order valence-electron chi connectivity index (χ1n) is 10.6. The molecule has 0 aliphatic carbocycles. The van der Waals surface area contributed by atoms with Gasteiger partial charge in [0.2, 0.25) is 0 Å². The molecule has 10 heteroatoms. The molecule has 1 atom stereocenters. The summed E-state index contributed by atoms with van der Waals surface area (Å²) in [5.41, 5.74) is 2.65. The number of nitrogens with one attached hydrogen (secondary N) is 1. The third kappa shape index (κ3) is 4.14. The Morgan fingerprint density at radius 3 is 2.59 bits per heavy atom. The zero-order chi connectivity index (χ0) is 23.7. The third-order valence-electron chi connectivity index (χ3n) is 5.88. The number of carbonyl (C=O) groups excluding carboxylic acids is 1. The summed E-state index contributed by atoms with van der Waals surface area (Å²) in [7, 11) is 0. The lowest BCUT2D eigenvalue weighted by Gasteiger charge is -2.25. The highest BCUT2D eigenvalue weighted by Crippen LogP contribution is 2.39. The molecule has 3 aromatic heterocycles. The van der Waals surface area contributed by atoms with Gasteiger partial charge in [0.1, 0.15) is 6.33 Å². The summed E-state index contributed by atoms with van der Waals surface area (Å²) in [6.07, 6.45) is 4.72. The first-order valence-corrected chi connectivity index (χ1v) is 10.6. The molecule has 1 aromatic carbocycles. The Kier molecular flexibility index (Phi) is 5.56. The molecule has 1 aliphatic rings. The minimum Gasteiger partial charge on any atom is -0.330 e. The van der Waals surface area contributed by atoms with Crippen LogP contribution < -0.4 is 0 Å². The molecule has 0 saturated carbocycles. The number of hydrogen-bond donors (Lipinski definition) is 1. The fourth-order valence-electron chi connectivity index (χ4n) is 4.24. The van der Waals surface area contributed by atoms with Crippen molar-refractivity contribution < 1.29 is 18.0 Å². The van der Waals surface area contributed by atoms with Gasteiger partial charge >= 0.3 is 6.18 Å². The van der Waals surface area contributed by atoms with E-state index in [1.807, 2.05) is 0 Å². The van der Waals surface area contributed by atoms with Crippen molar-refractivity contribution in [3.8, 4) is 22.4 Å². The average Bonchev–Trinajstić information content (AvgIpc) is 3.53. The van der Waals surface area contributed by atoms with Crippen LogP contribution in [0, 0.1) is 0 Å². The van der Waals surface area contributed by atoms with Gasteiger partial charge in [-0.1, -0.05) is 12.1 Å². The highest BCUT2D eigenvalue weighted by molar-refractivity contribution is 5.94. The van der Waals surface area contributed by atoms with Crippen LogP contribution in [0.25, 0.3) is 22.4 Å². The van der Waals surface area contributed by atoms with Gasteiger partial charge in [0.25, 0.3) is 5.91 Å². The number of pyridine rings is 1. The van der Waals surface area contributed by atoms with Crippen LogP contribution in [-0.2, 0) is 6.18 Å². The van der Waals surface area contributed by atoms with Gasteiger partial charge < -0.3 is 4.90 Å². The first kappa shape index (κ1) is 21.7. The van der Waals surface area contributed by atoms with Crippen molar-refractivity contribution in [3.05, 3.63) is 84.3 Å². The number of alkyl halides is 3. The summed E-state index contributed by atoms with van der Waals surface area (Å²) in [4.78, 5) is 27.3. The van der Waals surface area contributed by atoms with Crippen molar-refractivity contribution >= 4 is 5.91 Å². The molecule has 4 aromatic rings. The van der Waals surface area contributed by atoms with Gasteiger partial charge in [-0.05, 0) is 42.7 Å². The van der Waals surface area contributed by atoms with Gasteiger partial charge in [-0.15, -0.1) is 0 Å². The lowest BCUT2D eigenvalue weighted by atomic mass is 9.99. The van der Waals surface area contributed by atoms with Crippen molar-refractivity contribution in [2.24, 2.45) is 0 Å². The Bertz CT molecular complexity index is 1300. The molecule has 0 bridgehead atoms. The molecule has 1 N–H and O–H groups in total. The molecule has 1 saturated heterocycles. The summed E-state index contributed by atoms with van der Waals surface area (Å²) in [5.74, 6) is -0.199. The van der Waals surface area contributed by atoms with Crippen molar-refractivity contribution in [2.45, 2.75) is 25.1 Å². The summed E-state index contributed by atoms with van der Waals surface area (Å²) in [6.45, 7) is 0.527. The van der Waals surface area contributed by atoms with E-state index in [4.69, 9.17) is 0 Å². The summed E-state index contributed by atoms with van der Waals surface area (Å²) in [6, 6.07) is 8.23. The minimum absolute atomic E-state index is 0.199. The van der Waals surface area contributed by atoms with Crippen molar-refractivity contribution in [3.63, 3.8) is 0 Å². The standard InChI is InChI=1S/C24H19F3N6O/c25-24(26,27)18-4-1-3-15(9-18)19-13-31-32-22(19)21-5-2-8-33(21)23(34)16-6-7-20(30-12-16)17-10-28-14-29-11-17/h1,3-4,6-7,9-14,21H,2,5,8H2,(H,31,32). The van der Waals surface area contributed by atoms with Gasteiger partial charge in [0, 0.05) is 36.3 Å². The van der Waals surface area contributed by atoms with E-state index in [-0.39, 0.29) is 11.9 Å². The number of hydrogen-bond acceptors (Lipinski definition) is 5. The first-order chi connectivity index (χ1) is 16.4. The Balaban J connectivity index is 1.42. The molecule has 1 amide bonds. The molecular weight excluding hydrogens is 445 g/mol. The van der Waals surface area contributed by atoms with Gasteiger partial charge in [-0.25, -0.2) is 9.97 Å². The molecule has 172 valence electrons. The second-order valence-corrected chi connectivity index (χ2v) is 7.99. The number of aromatic nitrogens is 5. The summed E-state index contributed by atoms with van der Waals surface area (Å²) in [5, 5.41) is 6.99. The van der Waals surface area contributed by atoms with E-state index in [9.17, 15) is 18.0 Å². The maximum atomic E-state index is 13.3. The number of aromatic amines is 1. The number of amides is 1. The normalized spacial score (nSPS) is 16.1. The highest BCUT2D eigenvalue weighted by atomic mass is 19.4. The number of rotatable bonds is 4. The maximum absolute atomic E-state index is 13.3. The number of halogens is 3. The molecule has 0 spiro atoms. The quantitative estimate of drug-likeness (QED) is 0.463. The number of nitrogens with zero attached hydrogens (tertiary/aromatic N) is 5. The summed E-state index contributed by atoms with van der Waals surface area (Å²) < 4.78 is 39.6. The van der Waals surface area contributed by atoms with Crippen LogP contribution in [0.2, 0.25) is 0 Å². The van der Waals surface area contributed by atoms with Crippen LogP contribution in [0.1, 0.15) is 40.5 Å². The molecule has 34 heavy (non-hydrogen) atoms. The highest BCUT2D eigenvalue weighted by Gasteiger charge is 2.34. The van der Waals surface area contributed by atoms with Gasteiger partial charge in [-0.2, -0.15) is 18.3 Å². The largest absolute Gasteiger partial charge is 0.416 e. The Morgan fingerprint density at radius 1 is 1.03 bits per heavy atom. The number of likely N-dealkylation sites (tertiary alicyclic amines) is 1. The fraction of sp³-hybridized carbons (Fsp3) is 0.208. The van der Waals surface area contributed by atoms with E-state index in [2.05, 4.69) is 25.1 Å². The van der Waals surface area contributed by atoms with E-state index >= 15 is 0 Å². The van der Waals surface area contributed by atoms with Crippen LogP contribution in [-0.4, -0.2) is 42.5 Å². The van der Waals surface area contributed by atoms with Crippen molar-refractivity contribution in [1.29, 1.82) is 0 Å². The predicted octanol–water partition coefficient (Wildman–Crippen LogP) is 4.92. The zero-order valence-corrected chi connectivity index (χ0v) is 17.8. The Labute approximate surface area is 192 Å². The van der Waals surface area contributed by atoms with Gasteiger partial charge in [0.05, 0.1) is 34.8 Å². The Hall–Kier alpha value is -4.08. The van der Waals surface area contributed by atoms with Crippen LogP contribution in [0.3, 0.4) is 0 Å². The van der Waals surface area contributed by atoms with Crippen LogP contribution in [0.15, 0.2) is 67.5 Å². The zero-order valence-electron chi connectivity index (χ0n) is 17.8. The Morgan fingerprint density at radius 2 is 1.85 bits per heavy atom. The average molecular weight is 464 g/mol. The van der Waals surface area contributed by atoms with E-state index < -0.39 is 11.7 Å². The molecule has 0 radical (unpaired) electrons. The minimum atomic E-state index is -4.44. The number of benzene rings is 1. The predicted molar refractivity (Wildman–Crippen MR) is 117 cm³/mol. The second-order valence-electron chi connectivity index (χ2n) is 7.99. The third-order valence-corrected chi connectivity index (χ3v) is 5.88. The lowest BCUT2D eigenvalue weighted by molar-refractivity contribution is -0.137. The van der Waals surface area contributed by atoms with E-state index in [1.165, 1.54) is 24.8 Å². The monoisotopic (exact) mass is 464 g/mol. The molecule has 1 fully saturated rings. The number of H-pyrrole nitrogens is 1. The maximum Gasteiger partial charge on any atom is 0.416 e. The number of carbonyl (C=O) groups is 1. The van der Waals surface area contributed by atoms with Crippen molar-refractivity contribution in [1.82, 2.24) is 30.0 Å². The molecule has 1 unspecified atom stereocenters. The second kappa shape index (κ2) is 8.69. The van der Waals surface area contributed by atoms with Crippen LogP contribution in [0.5, 0.6) is 0 Å². The van der Waals surface area contributed by atoms with Crippen LogP contribution in [0.4, 0.5) is 13.2 Å². The van der Waals surface area contributed by atoms with Crippen LogP contribution >= 0.6 is 0 Å². The summed E-state index contributed by atoms with van der Waals surface area (Å²) >= 11 is 0. The molecular formula is C24H19F3N6O. The van der Waals surface area contributed by atoms with Gasteiger partial charge in [-0.3, -0.25) is 14.9 Å². The van der Waals surface area contributed by atoms with E-state index in [0.29, 0.717) is 41.0 Å². The molecule has 5 rings (SSSR count). The van der Waals surface area contributed by atoms with E-state index in [1.54, 1.807) is 35.5 Å². The fourth-order valence-corrected chi connectivity index (χ4v) is 4.24. The van der Waals surface area contributed by atoms with Crippen molar-refractivity contribution in [2.75, 3.05) is 6.54 Å². The molecule has 4 heterocycles. The SMILES string of the molecule is O=C(c1ccc(-c2cncnc2)nc1)N1CCCC1c1[nH]ncc1-c1cccc(C(F)(F)F)c1. The molecule has 1 aliphatic heterocycles. The van der Waals surface area contributed by atoms with Gasteiger partial charge in [0.15, 0.2) is 0 Å². The molecule has 7 nitrogen and oxygen atoms in total. The topological polar surface area (TPSA) is 87.7 Å². The van der Waals surface area contributed by atoms with E-state index in [0.717, 1.165) is 24.1 Å². The smallest absolute Gasteiger partial charge is 0.330 e.